The molecule has 1 aromatic heterocycles. The topological polar surface area (TPSA) is 82.7 Å². The molecule has 2 aromatic rings. The Balaban J connectivity index is 2.04. The minimum atomic E-state index is -0.978. The predicted molar refractivity (Wildman–Crippen MR) is 80.0 cm³/mol. The van der Waals surface area contributed by atoms with Gasteiger partial charge in [0.25, 0.3) is 5.71 Å². The Kier molecular flexibility index (Phi) is 4.95. The summed E-state index contributed by atoms with van der Waals surface area (Å²) in [5, 5.41) is 18.0. The lowest BCUT2D eigenvalue weighted by molar-refractivity contribution is -0.688. The fraction of sp³-hybridized carbons (Fsp3) is 0.133. The Morgan fingerprint density at radius 2 is 1.95 bits per heavy atom. The molecule has 0 bridgehead atoms. The maximum Gasteiger partial charge on any atom is 0.335 e. The van der Waals surface area contributed by atoms with E-state index in [1.54, 1.807) is 25.1 Å². The first-order chi connectivity index (χ1) is 10.5. The molecule has 0 atom stereocenters. The minimum absolute atomic E-state index is 0.0668. The van der Waals surface area contributed by atoms with Crippen LogP contribution in [0.4, 0.5) is 0 Å². The monoisotopic (exact) mass is 321 g/mol. The number of pyridine rings is 1. The number of carboxylic acid groups (broad SMARTS) is 1. The van der Waals surface area contributed by atoms with E-state index < -0.39 is 5.97 Å². The molecule has 2 N–H and O–H groups in total. The normalized spacial score (nSPS) is 11.7. The number of benzene rings is 1. The molecule has 0 radical (unpaired) electrons. The molecule has 2 rings (SSSR count). The molecule has 114 valence electrons. The number of carboxylic acids is 1. The molecule has 0 saturated carbocycles. The minimum Gasteiger partial charge on any atom is -0.506 e. The number of rotatable bonds is 5. The van der Waals surface area contributed by atoms with E-state index in [-0.39, 0.29) is 17.9 Å². The Morgan fingerprint density at radius 1 is 1.27 bits per heavy atom. The molecule has 0 aliphatic heterocycles. The molecule has 1 heterocycles. The van der Waals surface area contributed by atoms with Gasteiger partial charge in [-0.1, -0.05) is 12.1 Å². The summed E-state index contributed by atoms with van der Waals surface area (Å²) >= 11 is 6.01. The summed E-state index contributed by atoms with van der Waals surface area (Å²) < 4.78 is 1.06. The third-order valence-corrected chi connectivity index (χ3v) is 3.28. The van der Waals surface area contributed by atoms with Crippen molar-refractivity contribution in [3.8, 4) is 5.75 Å². The Labute approximate surface area is 132 Å². The number of aromatic hydroxyl groups is 1. The van der Waals surface area contributed by atoms with E-state index in [1.165, 1.54) is 24.4 Å². The highest BCUT2D eigenvalue weighted by molar-refractivity contribution is 6.10. The van der Waals surface area contributed by atoms with Crippen molar-refractivity contribution in [3.63, 3.8) is 0 Å². The Bertz CT molecular complexity index is 696. The molecule has 0 aliphatic rings. The molecule has 22 heavy (non-hydrogen) atoms. The van der Waals surface area contributed by atoms with Crippen molar-refractivity contribution in [2.75, 3.05) is 0 Å². The van der Waals surface area contributed by atoms with Crippen molar-refractivity contribution >= 4 is 23.5 Å². The second-order valence-corrected chi connectivity index (χ2v) is 4.81. The molecule has 7 heteroatoms. The van der Waals surface area contributed by atoms with E-state index >= 15 is 0 Å². The van der Waals surface area contributed by atoms with Gasteiger partial charge in [0.2, 0.25) is 0 Å². The average Bonchev–Trinajstić information content (AvgIpc) is 2.53. The summed E-state index contributed by atoms with van der Waals surface area (Å²) in [6.07, 6.45) is 1.31. The van der Waals surface area contributed by atoms with Crippen molar-refractivity contribution < 1.29 is 24.1 Å². The van der Waals surface area contributed by atoms with Crippen LogP contribution in [0.5, 0.6) is 5.75 Å². The van der Waals surface area contributed by atoms with Gasteiger partial charge in [0.15, 0.2) is 6.61 Å². The van der Waals surface area contributed by atoms with Crippen LogP contribution in [0.3, 0.4) is 0 Å². The van der Waals surface area contributed by atoms with E-state index in [0.717, 1.165) is 9.82 Å². The van der Waals surface area contributed by atoms with Crippen LogP contribution in [-0.4, -0.2) is 31.1 Å². The van der Waals surface area contributed by atoms with E-state index in [1.807, 2.05) is 0 Å². The highest BCUT2D eigenvalue weighted by Crippen LogP contribution is 2.10. The summed E-state index contributed by atoms with van der Waals surface area (Å²) in [5.74, 6) is -0.911. The fourth-order valence-electron chi connectivity index (χ4n) is 1.66. The standard InChI is InChI=1S/C15H13ClN2O4/c1-10(14-7-6-13(19)8-17-14)18(16)22-9-11-2-4-12(5-3-11)15(20)21/h2-8H,9H2,1H3,(H,20,21)/p+1. The number of hydrogen-bond acceptors (Lipinski definition) is 4. The van der Waals surface area contributed by atoms with Gasteiger partial charge >= 0.3 is 17.7 Å². The molecular formula is C15H14ClN2O4+. The predicted octanol–water partition coefficient (Wildman–Crippen LogP) is 2.59. The molecule has 0 spiro atoms. The van der Waals surface area contributed by atoms with E-state index in [9.17, 15) is 9.90 Å². The summed E-state index contributed by atoms with van der Waals surface area (Å²) in [6.45, 7) is 1.90. The van der Waals surface area contributed by atoms with Crippen LogP contribution in [0, 0.1) is 0 Å². The summed E-state index contributed by atoms with van der Waals surface area (Å²) in [7, 11) is 0. The third kappa shape index (κ3) is 3.95. The summed E-state index contributed by atoms with van der Waals surface area (Å²) in [5.41, 5.74) is 2.11. The quantitative estimate of drug-likeness (QED) is 0.502. The van der Waals surface area contributed by atoms with Gasteiger partial charge in [-0.15, -0.1) is 0 Å². The second-order valence-electron chi connectivity index (χ2n) is 4.51. The van der Waals surface area contributed by atoms with Gasteiger partial charge in [-0.05, 0) is 29.8 Å². The van der Waals surface area contributed by atoms with E-state index in [2.05, 4.69) is 4.98 Å². The average molecular weight is 322 g/mol. The van der Waals surface area contributed by atoms with Crippen molar-refractivity contribution in [2.24, 2.45) is 0 Å². The number of carbonyl (C=O) groups is 1. The number of aromatic carboxylic acids is 1. The van der Waals surface area contributed by atoms with Gasteiger partial charge in [0.05, 0.1) is 16.0 Å². The summed E-state index contributed by atoms with van der Waals surface area (Å²) in [4.78, 5) is 20.2. The van der Waals surface area contributed by atoms with Crippen molar-refractivity contribution in [1.82, 2.24) is 4.98 Å². The molecule has 1 aromatic carbocycles. The molecule has 0 amide bonds. The maximum atomic E-state index is 10.8. The van der Waals surface area contributed by atoms with Crippen LogP contribution in [0.15, 0.2) is 42.6 Å². The van der Waals surface area contributed by atoms with Crippen molar-refractivity contribution in [3.05, 3.63) is 59.4 Å². The van der Waals surface area contributed by atoms with E-state index in [4.69, 9.17) is 21.7 Å². The first-order valence-electron chi connectivity index (χ1n) is 6.37. The van der Waals surface area contributed by atoms with Gasteiger partial charge in [-0.3, -0.25) is 4.84 Å². The zero-order valence-electron chi connectivity index (χ0n) is 11.7. The Hall–Kier alpha value is -2.60. The summed E-state index contributed by atoms with van der Waals surface area (Å²) in [6, 6.07) is 9.42. The maximum absolute atomic E-state index is 10.8. The van der Waals surface area contributed by atoms with Crippen LogP contribution in [0.2, 0.25) is 0 Å². The van der Waals surface area contributed by atoms with Crippen LogP contribution < -0.4 is 0 Å². The molecule has 6 nitrogen and oxygen atoms in total. The highest BCUT2D eigenvalue weighted by atomic mass is 35.5. The third-order valence-electron chi connectivity index (χ3n) is 2.93. The number of halogens is 1. The second kappa shape index (κ2) is 6.91. The van der Waals surface area contributed by atoms with Crippen LogP contribution in [0.25, 0.3) is 0 Å². The SMILES string of the molecule is CC(c1ccc(O)cn1)=[N+](Cl)OCc1ccc(C(=O)O)cc1. The lowest BCUT2D eigenvalue weighted by Gasteiger charge is -2.01. The van der Waals surface area contributed by atoms with Crippen LogP contribution >= 0.6 is 11.8 Å². The van der Waals surface area contributed by atoms with Gasteiger partial charge < -0.3 is 10.2 Å². The molecule has 0 saturated heterocycles. The van der Waals surface area contributed by atoms with Gasteiger partial charge in [-0.25, -0.2) is 9.78 Å². The molecule has 0 fully saturated rings. The largest absolute Gasteiger partial charge is 0.506 e. The fourth-order valence-corrected chi connectivity index (χ4v) is 1.80. The van der Waals surface area contributed by atoms with Crippen LogP contribution in [-0.2, 0) is 11.4 Å². The smallest absolute Gasteiger partial charge is 0.335 e. The zero-order valence-corrected chi connectivity index (χ0v) is 12.5. The van der Waals surface area contributed by atoms with Crippen LogP contribution in [0.1, 0.15) is 28.5 Å². The number of nitrogens with zero attached hydrogens (tertiary/aromatic N) is 2. The van der Waals surface area contributed by atoms with Crippen molar-refractivity contribution in [1.29, 1.82) is 0 Å². The van der Waals surface area contributed by atoms with Gasteiger partial charge in [0.1, 0.15) is 11.4 Å². The molecular weight excluding hydrogens is 308 g/mol. The highest BCUT2D eigenvalue weighted by Gasteiger charge is 2.15. The number of hydrogen-bond donors (Lipinski definition) is 2. The lowest BCUT2D eigenvalue weighted by atomic mass is 10.1. The first-order valence-corrected chi connectivity index (χ1v) is 6.71. The van der Waals surface area contributed by atoms with Crippen molar-refractivity contribution in [2.45, 2.75) is 13.5 Å². The number of aromatic nitrogens is 1. The molecule has 0 unspecified atom stereocenters. The van der Waals surface area contributed by atoms with Gasteiger partial charge in [-0.2, -0.15) is 0 Å². The molecule has 0 aliphatic carbocycles. The van der Waals surface area contributed by atoms with E-state index in [0.29, 0.717) is 11.4 Å². The zero-order chi connectivity index (χ0) is 16.1. The lowest BCUT2D eigenvalue weighted by Crippen LogP contribution is -2.13. The first kappa shape index (κ1) is 15.8. The Morgan fingerprint density at radius 3 is 2.50 bits per heavy atom. The van der Waals surface area contributed by atoms with Gasteiger partial charge in [0, 0.05) is 6.92 Å².